The molecule has 6 heteroatoms. The molecule has 0 atom stereocenters. The summed E-state index contributed by atoms with van der Waals surface area (Å²) in [6.07, 6.45) is 5.23. The van der Waals surface area contributed by atoms with E-state index in [0.29, 0.717) is 5.02 Å². The smallest absolute Gasteiger partial charge is 0.246 e. The van der Waals surface area contributed by atoms with Crippen LogP contribution in [-0.2, 0) is 4.79 Å². The van der Waals surface area contributed by atoms with E-state index in [9.17, 15) is 4.79 Å². The van der Waals surface area contributed by atoms with Crippen LogP contribution in [-0.4, -0.2) is 42.0 Å². The van der Waals surface area contributed by atoms with Gasteiger partial charge in [0.2, 0.25) is 5.91 Å². The van der Waals surface area contributed by atoms with Gasteiger partial charge in [0.1, 0.15) is 0 Å². The van der Waals surface area contributed by atoms with Gasteiger partial charge in [-0.2, -0.15) is 0 Å². The van der Waals surface area contributed by atoms with E-state index in [2.05, 4.69) is 9.88 Å². The first-order chi connectivity index (χ1) is 10.7. The highest BCUT2D eigenvalue weighted by Crippen LogP contribution is 2.19. The number of thiazole rings is 1. The molecule has 0 bridgehead atoms. The van der Waals surface area contributed by atoms with Crippen LogP contribution >= 0.6 is 22.9 Å². The Hall–Kier alpha value is -1.85. The Bertz CT molecular complexity index is 664. The van der Waals surface area contributed by atoms with Crippen molar-refractivity contribution in [2.45, 2.75) is 0 Å². The van der Waals surface area contributed by atoms with E-state index in [1.165, 1.54) is 0 Å². The normalized spacial score (nSPS) is 15.5. The molecule has 0 radical (unpaired) electrons. The molecule has 22 heavy (non-hydrogen) atoms. The summed E-state index contributed by atoms with van der Waals surface area (Å²) in [5.74, 6) is 0.0405. The van der Waals surface area contributed by atoms with E-state index >= 15 is 0 Å². The van der Waals surface area contributed by atoms with Crippen molar-refractivity contribution in [3.8, 4) is 0 Å². The lowest BCUT2D eigenvalue weighted by Gasteiger charge is -2.34. The van der Waals surface area contributed by atoms with Gasteiger partial charge in [-0.05, 0) is 23.8 Å². The third-order valence-corrected chi connectivity index (χ3v) is 4.62. The molecule has 1 aromatic carbocycles. The molecule has 2 heterocycles. The maximum Gasteiger partial charge on any atom is 0.246 e. The summed E-state index contributed by atoms with van der Waals surface area (Å²) in [6, 6.07) is 7.46. The van der Waals surface area contributed by atoms with Crippen LogP contribution < -0.4 is 4.90 Å². The van der Waals surface area contributed by atoms with Crippen LogP contribution in [0.25, 0.3) is 6.08 Å². The Labute approximate surface area is 138 Å². The van der Waals surface area contributed by atoms with Gasteiger partial charge in [-0.1, -0.05) is 23.7 Å². The lowest BCUT2D eigenvalue weighted by atomic mass is 10.2. The molecule has 1 fully saturated rings. The number of hydrogen-bond acceptors (Lipinski definition) is 4. The molecule has 1 saturated heterocycles. The van der Waals surface area contributed by atoms with Crippen LogP contribution in [0.2, 0.25) is 5.02 Å². The van der Waals surface area contributed by atoms with Gasteiger partial charge in [0.05, 0.1) is 0 Å². The number of piperazine rings is 1. The molecule has 0 N–H and O–H groups in total. The molecule has 0 spiro atoms. The zero-order valence-corrected chi connectivity index (χ0v) is 13.6. The molecule has 0 unspecified atom stereocenters. The van der Waals surface area contributed by atoms with Crippen LogP contribution in [0.5, 0.6) is 0 Å². The molecular formula is C16H16ClN3OS. The van der Waals surface area contributed by atoms with E-state index in [-0.39, 0.29) is 5.91 Å². The summed E-state index contributed by atoms with van der Waals surface area (Å²) in [4.78, 5) is 20.6. The van der Waals surface area contributed by atoms with Crippen molar-refractivity contribution in [2.24, 2.45) is 0 Å². The average Bonchev–Trinajstić information content (AvgIpc) is 3.07. The van der Waals surface area contributed by atoms with Crippen molar-refractivity contribution in [1.82, 2.24) is 9.88 Å². The van der Waals surface area contributed by atoms with Crippen molar-refractivity contribution in [3.05, 3.63) is 52.5 Å². The lowest BCUT2D eigenvalue weighted by molar-refractivity contribution is -0.126. The fourth-order valence-electron chi connectivity index (χ4n) is 2.37. The number of hydrogen-bond donors (Lipinski definition) is 0. The van der Waals surface area contributed by atoms with Crippen LogP contribution in [0, 0.1) is 0 Å². The summed E-state index contributed by atoms with van der Waals surface area (Å²) in [5, 5.41) is 3.67. The topological polar surface area (TPSA) is 36.4 Å². The van der Waals surface area contributed by atoms with E-state index in [0.717, 1.165) is 36.9 Å². The fourth-order valence-corrected chi connectivity index (χ4v) is 3.27. The standard InChI is InChI=1S/C16H16ClN3OS/c17-14-3-1-2-13(12-14)4-5-15(21)19-7-9-20(10-8-19)16-18-6-11-22-16/h1-6,11-12H,7-10H2/b5-4+. The molecule has 1 aliphatic heterocycles. The van der Waals surface area contributed by atoms with Crippen molar-refractivity contribution < 1.29 is 4.79 Å². The van der Waals surface area contributed by atoms with Crippen molar-refractivity contribution in [1.29, 1.82) is 0 Å². The Kier molecular flexibility index (Phi) is 4.75. The van der Waals surface area contributed by atoms with Gasteiger partial charge in [-0.25, -0.2) is 4.98 Å². The van der Waals surface area contributed by atoms with Crippen molar-refractivity contribution >= 4 is 40.1 Å². The van der Waals surface area contributed by atoms with Gasteiger partial charge in [-0.15, -0.1) is 11.3 Å². The highest BCUT2D eigenvalue weighted by Gasteiger charge is 2.20. The van der Waals surface area contributed by atoms with Crippen molar-refractivity contribution in [3.63, 3.8) is 0 Å². The minimum absolute atomic E-state index is 0.0405. The largest absolute Gasteiger partial charge is 0.345 e. The number of halogens is 1. The molecule has 0 aliphatic carbocycles. The molecule has 2 aromatic rings. The first-order valence-corrected chi connectivity index (χ1v) is 8.35. The van der Waals surface area contributed by atoms with E-state index < -0.39 is 0 Å². The fraction of sp³-hybridized carbons (Fsp3) is 0.250. The molecule has 1 amide bonds. The average molecular weight is 334 g/mol. The van der Waals surface area contributed by atoms with Crippen LogP contribution in [0.4, 0.5) is 5.13 Å². The molecule has 1 aliphatic rings. The summed E-state index contributed by atoms with van der Waals surface area (Å²) in [7, 11) is 0. The van der Waals surface area contributed by atoms with Crippen LogP contribution in [0.1, 0.15) is 5.56 Å². The van der Waals surface area contributed by atoms with Gasteiger partial charge in [0.15, 0.2) is 5.13 Å². The number of nitrogens with zero attached hydrogens (tertiary/aromatic N) is 3. The van der Waals surface area contributed by atoms with Gasteiger partial charge < -0.3 is 9.80 Å². The Morgan fingerprint density at radius 3 is 2.77 bits per heavy atom. The summed E-state index contributed by atoms with van der Waals surface area (Å²) >= 11 is 7.57. The van der Waals surface area contributed by atoms with Gasteiger partial charge in [0.25, 0.3) is 0 Å². The third-order valence-electron chi connectivity index (χ3n) is 3.55. The number of aromatic nitrogens is 1. The Morgan fingerprint density at radius 1 is 1.27 bits per heavy atom. The number of anilines is 1. The molecule has 114 valence electrons. The maximum atomic E-state index is 12.2. The van der Waals surface area contributed by atoms with Gasteiger partial charge in [0, 0.05) is 48.9 Å². The zero-order valence-electron chi connectivity index (χ0n) is 12.0. The minimum Gasteiger partial charge on any atom is -0.345 e. The van der Waals surface area contributed by atoms with Crippen LogP contribution in [0.3, 0.4) is 0 Å². The highest BCUT2D eigenvalue weighted by molar-refractivity contribution is 7.13. The number of amides is 1. The predicted octanol–water partition coefficient (Wildman–Crippen LogP) is 3.16. The SMILES string of the molecule is O=C(/C=C/c1cccc(Cl)c1)N1CCN(c2nccs2)CC1. The number of carbonyl (C=O) groups is 1. The molecular weight excluding hydrogens is 318 g/mol. The van der Waals surface area contributed by atoms with E-state index in [1.807, 2.05) is 40.7 Å². The summed E-state index contributed by atoms with van der Waals surface area (Å²) in [5.41, 5.74) is 0.933. The maximum absolute atomic E-state index is 12.2. The molecule has 1 aromatic heterocycles. The zero-order chi connectivity index (χ0) is 15.4. The highest BCUT2D eigenvalue weighted by atomic mass is 35.5. The summed E-state index contributed by atoms with van der Waals surface area (Å²) in [6.45, 7) is 3.09. The predicted molar refractivity (Wildman–Crippen MR) is 91.4 cm³/mol. The number of rotatable bonds is 3. The van der Waals surface area contributed by atoms with Gasteiger partial charge in [-0.3, -0.25) is 4.79 Å². The Morgan fingerprint density at radius 2 is 2.09 bits per heavy atom. The second kappa shape index (κ2) is 6.94. The van der Waals surface area contributed by atoms with Gasteiger partial charge >= 0.3 is 0 Å². The van der Waals surface area contributed by atoms with Crippen LogP contribution in [0.15, 0.2) is 41.9 Å². The Balaban J connectivity index is 1.56. The van der Waals surface area contributed by atoms with E-state index in [1.54, 1.807) is 23.5 Å². The second-order valence-electron chi connectivity index (χ2n) is 5.02. The lowest BCUT2D eigenvalue weighted by Crippen LogP contribution is -2.48. The molecule has 3 rings (SSSR count). The molecule has 0 saturated carbocycles. The first kappa shape index (κ1) is 15.1. The third kappa shape index (κ3) is 3.67. The minimum atomic E-state index is 0.0405. The van der Waals surface area contributed by atoms with E-state index in [4.69, 9.17) is 11.6 Å². The molecule has 4 nitrogen and oxygen atoms in total. The first-order valence-electron chi connectivity index (χ1n) is 7.09. The quantitative estimate of drug-likeness (QED) is 0.810. The van der Waals surface area contributed by atoms with Crippen molar-refractivity contribution in [2.75, 3.05) is 31.1 Å². The number of benzene rings is 1. The summed E-state index contributed by atoms with van der Waals surface area (Å²) < 4.78 is 0. The monoisotopic (exact) mass is 333 g/mol. The second-order valence-corrected chi connectivity index (χ2v) is 6.32. The number of carbonyl (C=O) groups excluding carboxylic acids is 1.